The predicted octanol–water partition coefficient (Wildman–Crippen LogP) is -1.37. The molecule has 0 radical (unpaired) electrons. The minimum Gasteiger partial charge on any atom is -0.394 e. The zero-order valence-electron chi connectivity index (χ0n) is 10.4. The van der Waals surface area contributed by atoms with E-state index in [2.05, 4.69) is 5.32 Å². The van der Waals surface area contributed by atoms with Crippen LogP contribution in [0.1, 0.15) is 20.8 Å². The minimum absolute atomic E-state index is 0.0747. The third-order valence-electron chi connectivity index (χ3n) is 2.81. The highest BCUT2D eigenvalue weighted by atomic mass is 16.5. The van der Waals surface area contributed by atoms with Crippen LogP contribution in [-0.2, 0) is 9.53 Å². The van der Waals surface area contributed by atoms with Crippen LogP contribution in [0, 0.1) is 5.41 Å². The molecule has 0 aromatic heterocycles. The van der Waals surface area contributed by atoms with Gasteiger partial charge in [0.05, 0.1) is 19.3 Å². The highest BCUT2D eigenvalue weighted by molar-refractivity contribution is 5.81. The first-order valence-corrected chi connectivity index (χ1v) is 5.67. The molecule has 1 heterocycles. The first-order valence-electron chi connectivity index (χ1n) is 5.67. The average molecular weight is 247 g/mol. The zero-order valence-corrected chi connectivity index (χ0v) is 10.4. The molecule has 4 atom stereocenters. The molecule has 6 nitrogen and oxygen atoms in total. The van der Waals surface area contributed by atoms with Crippen LogP contribution >= 0.6 is 0 Å². The Morgan fingerprint density at radius 3 is 2.41 bits per heavy atom. The van der Waals surface area contributed by atoms with E-state index < -0.39 is 29.8 Å². The van der Waals surface area contributed by atoms with Crippen LogP contribution in [0.5, 0.6) is 0 Å². The van der Waals surface area contributed by atoms with Gasteiger partial charge in [-0.05, 0) is 0 Å². The fraction of sp³-hybridized carbons (Fsp3) is 0.909. The molecule has 6 heteroatoms. The van der Waals surface area contributed by atoms with Crippen molar-refractivity contribution in [3.05, 3.63) is 0 Å². The Balaban J connectivity index is 2.60. The van der Waals surface area contributed by atoms with Crippen molar-refractivity contribution in [2.75, 3.05) is 13.2 Å². The largest absolute Gasteiger partial charge is 0.394 e. The van der Waals surface area contributed by atoms with Crippen LogP contribution < -0.4 is 5.32 Å². The Labute approximate surface area is 101 Å². The maximum Gasteiger partial charge on any atom is 0.225 e. The number of ether oxygens (including phenoxy) is 1. The molecule has 0 bridgehead atoms. The van der Waals surface area contributed by atoms with E-state index in [1.54, 1.807) is 20.8 Å². The van der Waals surface area contributed by atoms with Crippen LogP contribution in [0.25, 0.3) is 0 Å². The van der Waals surface area contributed by atoms with Gasteiger partial charge < -0.3 is 25.4 Å². The zero-order chi connectivity index (χ0) is 13.2. The summed E-state index contributed by atoms with van der Waals surface area (Å²) in [5.74, 6) is -0.222. The Kier molecular flexibility index (Phi) is 4.48. The van der Waals surface area contributed by atoms with Gasteiger partial charge in [-0.3, -0.25) is 4.79 Å². The van der Waals surface area contributed by atoms with Gasteiger partial charge in [0.25, 0.3) is 0 Å². The number of rotatable bonds is 2. The summed E-state index contributed by atoms with van der Waals surface area (Å²) >= 11 is 0. The Morgan fingerprint density at radius 2 is 1.94 bits per heavy atom. The van der Waals surface area contributed by atoms with Gasteiger partial charge in [0.1, 0.15) is 18.3 Å². The summed E-state index contributed by atoms with van der Waals surface area (Å²) in [5, 5.41) is 31.0. The summed E-state index contributed by atoms with van der Waals surface area (Å²) in [6.07, 6.45) is -3.13. The second-order valence-electron chi connectivity index (χ2n) is 5.37. The van der Waals surface area contributed by atoms with Crippen LogP contribution in [0.3, 0.4) is 0 Å². The fourth-order valence-electron chi connectivity index (χ4n) is 1.56. The van der Waals surface area contributed by atoms with Crippen LogP contribution in [0.4, 0.5) is 0 Å². The third-order valence-corrected chi connectivity index (χ3v) is 2.81. The van der Waals surface area contributed by atoms with E-state index >= 15 is 0 Å². The Hall–Kier alpha value is -0.690. The maximum atomic E-state index is 11.7. The molecule has 1 aliphatic rings. The van der Waals surface area contributed by atoms with E-state index in [9.17, 15) is 15.0 Å². The summed E-state index contributed by atoms with van der Waals surface area (Å²) in [5.41, 5.74) is -0.571. The molecule has 1 aliphatic heterocycles. The number of amides is 1. The maximum absolute atomic E-state index is 11.7. The molecule has 1 saturated heterocycles. The van der Waals surface area contributed by atoms with Crippen LogP contribution in [-0.4, -0.2) is 58.8 Å². The number of aliphatic hydroxyl groups is 3. The lowest BCUT2D eigenvalue weighted by molar-refractivity contribution is -0.166. The highest BCUT2D eigenvalue weighted by Gasteiger charge is 2.39. The number of aliphatic hydroxyl groups excluding tert-OH is 3. The molecule has 0 saturated carbocycles. The summed E-state index contributed by atoms with van der Waals surface area (Å²) in [7, 11) is 0. The van der Waals surface area contributed by atoms with Gasteiger partial charge in [0.15, 0.2) is 0 Å². The van der Waals surface area contributed by atoms with Crippen molar-refractivity contribution in [2.45, 2.75) is 45.1 Å². The molecule has 0 aromatic carbocycles. The molecule has 4 N–H and O–H groups in total. The molecule has 1 amide bonds. The van der Waals surface area contributed by atoms with Gasteiger partial charge >= 0.3 is 0 Å². The fourth-order valence-corrected chi connectivity index (χ4v) is 1.56. The molecule has 0 aliphatic carbocycles. The van der Waals surface area contributed by atoms with E-state index in [-0.39, 0.29) is 19.1 Å². The van der Waals surface area contributed by atoms with E-state index in [1.165, 1.54) is 0 Å². The second kappa shape index (κ2) is 5.30. The van der Waals surface area contributed by atoms with Crippen molar-refractivity contribution in [3.8, 4) is 0 Å². The summed E-state index contributed by atoms with van der Waals surface area (Å²) in [6.45, 7) is 4.98. The Morgan fingerprint density at radius 1 is 1.35 bits per heavy atom. The standard InChI is InChI=1S/C11H21NO5/c1-11(2,3)10(16)12-6-5-17-7(4-13)9(15)8(6)14/h6-9,13-15H,4-5H2,1-3H3,(H,12,16)/t6-,7+,8+,9-/m0/s1. The normalized spacial score (nSPS) is 34.5. The number of nitrogens with one attached hydrogen (secondary N) is 1. The lowest BCUT2D eigenvalue weighted by atomic mass is 9.93. The summed E-state index contributed by atoms with van der Waals surface area (Å²) in [6, 6.07) is -0.653. The topological polar surface area (TPSA) is 99.0 Å². The summed E-state index contributed by atoms with van der Waals surface area (Å²) in [4.78, 5) is 11.7. The minimum atomic E-state index is -1.20. The smallest absolute Gasteiger partial charge is 0.225 e. The third kappa shape index (κ3) is 3.38. The molecular weight excluding hydrogens is 226 g/mol. The Bertz CT molecular complexity index is 276. The number of hydrogen-bond acceptors (Lipinski definition) is 5. The van der Waals surface area contributed by atoms with Crippen molar-refractivity contribution < 1.29 is 24.9 Å². The molecule has 17 heavy (non-hydrogen) atoms. The highest BCUT2D eigenvalue weighted by Crippen LogP contribution is 2.18. The van der Waals surface area contributed by atoms with E-state index in [1.807, 2.05) is 0 Å². The van der Waals surface area contributed by atoms with Crippen molar-refractivity contribution in [1.29, 1.82) is 0 Å². The van der Waals surface area contributed by atoms with Crippen LogP contribution in [0.15, 0.2) is 0 Å². The number of carbonyl (C=O) groups is 1. The molecule has 1 fully saturated rings. The number of hydrogen-bond donors (Lipinski definition) is 4. The van der Waals surface area contributed by atoms with Gasteiger partial charge in [0, 0.05) is 5.41 Å². The molecule has 1 rings (SSSR count). The van der Waals surface area contributed by atoms with E-state index in [0.29, 0.717) is 0 Å². The van der Waals surface area contributed by atoms with Gasteiger partial charge in [-0.1, -0.05) is 20.8 Å². The monoisotopic (exact) mass is 247 g/mol. The lowest BCUT2D eigenvalue weighted by Gasteiger charge is -2.38. The second-order valence-corrected chi connectivity index (χ2v) is 5.37. The first-order chi connectivity index (χ1) is 7.77. The molecule has 0 spiro atoms. The van der Waals surface area contributed by atoms with Gasteiger partial charge in [-0.2, -0.15) is 0 Å². The van der Waals surface area contributed by atoms with Crippen molar-refractivity contribution >= 4 is 5.91 Å². The number of carbonyl (C=O) groups excluding carboxylic acids is 1. The average Bonchev–Trinajstić information content (AvgIpc) is 2.23. The van der Waals surface area contributed by atoms with Crippen molar-refractivity contribution in [3.63, 3.8) is 0 Å². The van der Waals surface area contributed by atoms with Crippen molar-refractivity contribution in [2.24, 2.45) is 5.41 Å². The molecular formula is C11H21NO5. The van der Waals surface area contributed by atoms with Gasteiger partial charge in [-0.15, -0.1) is 0 Å². The van der Waals surface area contributed by atoms with Gasteiger partial charge in [-0.25, -0.2) is 0 Å². The van der Waals surface area contributed by atoms with E-state index in [4.69, 9.17) is 9.84 Å². The van der Waals surface area contributed by atoms with Crippen molar-refractivity contribution in [1.82, 2.24) is 5.32 Å². The summed E-state index contributed by atoms with van der Waals surface area (Å²) < 4.78 is 5.16. The molecule has 0 unspecified atom stereocenters. The van der Waals surface area contributed by atoms with E-state index in [0.717, 1.165) is 0 Å². The SMILES string of the molecule is CC(C)(C)C(=O)N[C@H]1CO[C@H](CO)[C@H](O)[C@@H]1O. The van der Waals surface area contributed by atoms with Gasteiger partial charge in [0.2, 0.25) is 5.91 Å². The van der Waals surface area contributed by atoms with Crippen LogP contribution in [0.2, 0.25) is 0 Å². The predicted molar refractivity (Wildman–Crippen MR) is 60.2 cm³/mol. The molecule has 0 aromatic rings. The lowest BCUT2D eigenvalue weighted by Crippen LogP contribution is -2.61. The quantitative estimate of drug-likeness (QED) is 0.482. The first kappa shape index (κ1) is 14.4. The molecule has 100 valence electrons.